The van der Waals surface area contributed by atoms with Gasteiger partial charge in [0.2, 0.25) is 5.91 Å². The van der Waals surface area contributed by atoms with Gasteiger partial charge in [-0.15, -0.1) is 0 Å². The second kappa shape index (κ2) is 7.81. The summed E-state index contributed by atoms with van der Waals surface area (Å²) >= 11 is 5.97. The van der Waals surface area contributed by atoms with Crippen molar-refractivity contribution in [1.82, 2.24) is 10.2 Å². The highest BCUT2D eigenvalue weighted by Gasteiger charge is 2.17. The van der Waals surface area contributed by atoms with E-state index in [0.29, 0.717) is 23.7 Å². The molecule has 0 spiro atoms. The van der Waals surface area contributed by atoms with Crippen LogP contribution in [0.4, 0.5) is 5.69 Å². The Morgan fingerprint density at radius 3 is 2.60 bits per heavy atom. The zero-order valence-corrected chi connectivity index (χ0v) is 12.3. The molecule has 0 unspecified atom stereocenters. The number of hydrogen-bond acceptors (Lipinski definition) is 4. The van der Waals surface area contributed by atoms with Crippen molar-refractivity contribution < 1.29 is 9.72 Å². The van der Waals surface area contributed by atoms with E-state index >= 15 is 0 Å². The largest absolute Gasteiger partial charge is 0.342 e. The third-order valence-electron chi connectivity index (χ3n) is 2.98. The lowest BCUT2D eigenvalue weighted by Crippen LogP contribution is -2.37. The highest BCUT2D eigenvalue weighted by Crippen LogP contribution is 2.25. The first kappa shape index (κ1) is 16.4. The van der Waals surface area contributed by atoms with E-state index in [1.807, 2.05) is 13.8 Å². The molecule has 0 aliphatic carbocycles. The molecule has 7 heteroatoms. The van der Waals surface area contributed by atoms with Crippen LogP contribution >= 0.6 is 11.6 Å². The molecule has 1 N–H and O–H groups in total. The van der Waals surface area contributed by atoms with Gasteiger partial charge in [-0.1, -0.05) is 17.7 Å². The van der Waals surface area contributed by atoms with Gasteiger partial charge in [0, 0.05) is 25.7 Å². The molecule has 0 aromatic heterocycles. The summed E-state index contributed by atoms with van der Waals surface area (Å²) in [4.78, 5) is 23.9. The molecule has 0 atom stereocenters. The topological polar surface area (TPSA) is 75.5 Å². The van der Waals surface area contributed by atoms with Crippen LogP contribution in [0, 0.1) is 10.1 Å². The van der Waals surface area contributed by atoms with Crippen molar-refractivity contribution in [2.24, 2.45) is 0 Å². The van der Waals surface area contributed by atoms with Crippen molar-refractivity contribution in [1.29, 1.82) is 0 Å². The Morgan fingerprint density at radius 2 is 2.05 bits per heavy atom. The summed E-state index contributed by atoms with van der Waals surface area (Å²) in [7, 11) is 0. The molecule has 1 amide bonds. The number of nitro benzene ring substituents is 1. The van der Waals surface area contributed by atoms with Crippen LogP contribution < -0.4 is 5.32 Å². The van der Waals surface area contributed by atoms with Crippen LogP contribution in [0.25, 0.3) is 0 Å². The van der Waals surface area contributed by atoms with Gasteiger partial charge in [0.25, 0.3) is 5.69 Å². The molecule has 0 fully saturated rings. The molecule has 0 saturated heterocycles. The van der Waals surface area contributed by atoms with Crippen LogP contribution in [0.5, 0.6) is 0 Å². The van der Waals surface area contributed by atoms with Gasteiger partial charge in [0.15, 0.2) is 0 Å². The zero-order valence-electron chi connectivity index (χ0n) is 11.6. The first-order valence-electron chi connectivity index (χ1n) is 6.41. The minimum absolute atomic E-state index is 0.0373. The Hall–Kier alpha value is -1.66. The van der Waals surface area contributed by atoms with E-state index in [0.717, 1.165) is 0 Å². The SMILES string of the molecule is CCN(CC)C(=O)CNCc1c(Cl)cccc1[N+](=O)[O-]. The van der Waals surface area contributed by atoms with Crippen LogP contribution in [-0.4, -0.2) is 35.4 Å². The van der Waals surface area contributed by atoms with Crippen molar-refractivity contribution in [2.45, 2.75) is 20.4 Å². The number of nitro groups is 1. The fraction of sp³-hybridized carbons (Fsp3) is 0.462. The summed E-state index contributed by atoms with van der Waals surface area (Å²) < 4.78 is 0. The first-order valence-corrected chi connectivity index (χ1v) is 6.79. The number of nitrogens with one attached hydrogen (secondary N) is 1. The highest BCUT2D eigenvalue weighted by atomic mass is 35.5. The van der Waals surface area contributed by atoms with Gasteiger partial charge in [-0.25, -0.2) is 0 Å². The van der Waals surface area contributed by atoms with Gasteiger partial charge in [-0.3, -0.25) is 14.9 Å². The Morgan fingerprint density at radius 1 is 1.40 bits per heavy atom. The van der Waals surface area contributed by atoms with E-state index in [4.69, 9.17) is 11.6 Å². The summed E-state index contributed by atoms with van der Waals surface area (Å²) in [6.07, 6.45) is 0. The van der Waals surface area contributed by atoms with Crippen molar-refractivity contribution in [3.8, 4) is 0 Å². The van der Waals surface area contributed by atoms with E-state index in [9.17, 15) is 14.9 Å². The first-order chi connectivity index (χ1) is 9.51. The van der Waals surface area contributed by atoms with Gasteiger partial charge >= 0.3 is 0 Å². The minimum atomic E-state index is -0.477. The molecule has 0 aliphatic heterocycles. The number of halogens is 1. The maximum atomic E-state index is 11.8. The molecule has 0 radical (unpaired) electrons. The average molecular weight is 300 g/mol. The van der Waals surface area contributed by atoms with E-state index in [-0.39, 0.29) is 24.7 Å². The predicted molar refractivity (Wildman–Crippen MR) is 77.7 cm³/mol. The number of rotatable bonds is 7. The standard InChI is InChI=1S/C13H18ClN3O3/c1-3-16(4-2)13(18)9-15-8-10-11(14)6-5-7-12(10)17(19)20/h5-7,15H,3-4,8-9H2,1-2H3. The van der Waals surface area contributed by atoms with Crippen molar-refractivity contribution in [3.63, 3.8) is 0 Å². The Bertz CT molecular complexity index is 490. The molecule has 0 aliphatic rings. The van der Waals surface area contributed by atoms with E-state index < -0.39 is 4.92 Å². The normalized spacial score (nSPS) is 10.3. The third kappa shape index (κ3) is 4.18. The van der Waals surface area contributed by atoms with Crippen LogP contribution in [0.2, 0.25) is 5.02 Å². The van der Waals surface area contributed by atoms with Crippen LogP contribution in [0.3, 0.4) is 0 Å². The predicted octanol–water partition coefficient (Wildman–Crippen LogP) is 2.21. The van der Waals surface area contributed by atoms with Gasteiger partial charge in [0.05, 0.1) is 22.1 Å². The monoisotopic (exact) mass is 299 g/mol. The molecule has 20 heavy (non-hydrogen) atoms. The maximum Gasteiger partial charge on any atom is 0.275 e. The lowest BCUT2D eigenvalue weighted by molar-refractivity contribution is -0.385. The molecule has 0 saturated carbocycles. The average Bonchev–Trinajstić information content (AvgIpc) is 2.41. The molecular formula is C13H18ClN3O3. The number of likely N-dealkylation sites (N-methyl/N-ethyl adjacent to an activating group) is 1. The Balaban J connectivity index is 2.67. The molecular weight excluding hydrogens is 282 g/mol. The lowest BCUT2D eigenvalue weighted by Gasteiger charge is -2.18. The fourth-order valence-corrected chi connectivity index (χ4v) is 2.11. The number of hydrogen-bond donors (Lipinski definition) is 1. The van der Waals surface area contributed by atoms with Gasteiger partial charge in [-0.05, 0) is 19.9 Å². The summed E-state index contributed by atoms with van der Waals surface area (Å²) in [6.45, 7) is 5.40. The number of amides is 1. The van der Waals surface area contributed by atoms with Gasteiger partial charge in [0.1, 0.15) is 0 Å². The minimum Gasteiger partial charge on any atom is -0.342 e. The zero-order chi connectivity index (χ0) is 15.1. The van der Waals surface area contributed by atoms with Crippen molar-refractivity contribution >= 4 is 23.2 Å². The van der Waals surface area contributed by atoms with Crippen LogP contribution in [0.1, 0.15) is 19.4 Å². The van der Waals surface area contributed by atoms with E-state index in [1.165, 1.54) is 12.1 Å². The summed E-state index contributed by atoms with van der Waals surface area (Å²) in [5.41, 5.74) is 0.354. The molecule has 0 heterocycles. The second-order valence-electron chi connectivity index (χ2n) is 4.16. The molecule has 1 aromatic rings. The molecule has 110 valence electrons. The number of carbonyl (C=O) groups excluding carboxylic acids is 1. The summed E-state index contributed by atoms with van der Waals surface area (Å²) in [5.74, 6) is -0.0373. The number of nitrogens with zero attached hydrogens (tertiary/aromatic N) is 2. The fourth-order valence-electron chi connectivity index (χ4n) is 1.88. The maximum absolute atomic E-state index is 11.8. The van der Waals surface area contributed by atoms with Crippen molar-refractivity contribution in [2.75, 3.05) is 19.6 Å². The quantitative estimate of drug-likeness (QED) is 0.618. The second-order valence-corrected chi connectivity index (χ2v) is 4.57. The number of benzene rings is 1. The molecule has 1 rings (SSSR count). The van der Waals surface area contributed by atoms with Crippen LogP contribution in [0.15, 0.2) is 18.2 Å². The molecule has 1 aromatic carbocycles. The smallest absolute Gasteiger partial charge is 0.275 e. The number of carbonyl (C=O) groups is 1. The highest BCUT2D eigenvalue weighted by molar-refractivity contribution is 6.31. The van der Waals surface area contributed by atoms with Gasteiger partial charge in [-0.2, -0.15) is 0 Å². The molecule has 6 nitrogen and oxygen atoms in total. The summed E-state index contributed by atoms with van der Waals surface area (Å²) in [5, 5.41) is 14.1. The third-order valence-corrected chi connectivity index (χ3v) is 3.34. The Labute approximate surface area is 122 Å². The van der Waals surface area contributed by atoms with Crippen LogP contribution in [-0.2, 0) is 11.3 Å². The Kier molecular flexibility index (Phi) is 6.41. The lowest BCUT2D eigenvalue weighted by atomic mass is 10.2. The summed E-state index contributed by atoms with van der Waals surface area (Å²) in [6, 6.07) is 4.53. The van der Waals surface area contributed by atoms with E-state index in [2.05, 4.69) is 5.32 Å². The molecule has 0 bridgehead atoms. The van der Waals surface area contributed by atoms with E-state index in [1.54, 1.807) is 11.0 Å². The van der Waals surface area contributed by atoms with Crippen molar-refractivity contribution in [3.05, 3.63) is 38.9 Å². The van der Waals surface area contributed by atoms with Gasteiger partial charge < -0.3 is 10.2 Å².